The highest BCUT2D eigenvalue weighted by molar-refractivity contribution is 7.19. The molecule has 5 rings (SSSR count). The van der Waals surface area contributed by atoms with Gasteiger partial charge in [0.1, 0.15) is 17.0 Å². The number of fused-ring (bicyclic) bond motifs is 4. The van der Waals surface area contributed by atoms with Crippen molar-refractivity contribution in [1.29, 1.82) is 0 Å². The lowest BCUT2D eigenvalue weighted by atomic mass is 9.87. The Hall–Kier alpha value is -3.07. The Balaban J connectivity index is 1.52. The average Bonchev–Trinajstić information content (AvgIpc) is 3.30. The molecule has 1 amide bonds. The van der Waals surface area contributed by atoms with Crippen LogP contribution in [0.5, 0.6) is 0 Å². The number of nitrogens with one attached hydrogen (secondary N) is 2. The van der Waals surface area contributed by atoms with Crippen molar-refractivity contribution in [2.75, 3.05) is 19.4 Å². The number of carbonyl (C=O) groups is 1. The van der Waals surface area contributed by atoms with Crippen LogP contribution in [0.1, 0.15) is 16.9 Å². The fourth-order valence-electron chi connectivity index (χ4n) is 3.82. The van der Waals surface area contributed by atoms with Gasteiger partial charge < -0.3 is 10.2 Å². The second kappa shape index (κ2) is 6.52. The summed E-state index contributed by atoms with van der Waals surface area (Å²) in [5.74, 6) is 1.03. The van der Waals surface area contributed by atoms with E-state index >= 15 is 0 Å². The molecule has 142 valence electrons. The number of rotatable bonds is 3. The molecule has 1 atom stereocenters. The van der Waals surface area contributed by atoms with Crippen molar-refractivity contribution in [1.82, 2.24) is 30.0 Å². The molecule has 0 radical (unpaired) electrons. The van der Waals surface area contributed by atoms with Crippen molar-refractivity contribution in [3.8, 4) is 0 Å². The Labute approximate surface area is 165 Å². The van der Waals surface area contributed by atoms with Gasteiger partial charge in [-0.3, -0.25) is 9.89 Å². The molecule has 1 aliphatic carbocycles. The number of aromatic amines is 1. The van der Waals surface area contributed by atoms with E-state index in [9.17, 15) is 4.79 Å². The van der Waals surface area contributed by atoms with Crippen LogP contribution in [0.25, 0.3) is 21.3 Å². The largest absolute Gasteiger partial charge is 0.349 e. The molecular weight excluding hydrogens is 374 g/mol. The van der Waals surface area contributed by atoms with Crippen LogP contribution in [0.3, 0.4) is 0 Å². The van der Waals surface area contributed by atoms with Crippen LogP contribution in [-0.4, -0.2) is 50.1 Å². The summed E-state index contributed by atoms with van der Waals surface area (Å²) in [6.07, 6.45) is 7.58. The number of hydrogen-bond acceptors (Lipinski definition) is 7. The van der Waals surface area contributed by atoms with Crippen LogP contribution in [0.4, 0.5) is 11.5 Å². The summed E-state index contributed by atoms with van der Waals surface area (Å²) in [6.45, 7) is 0. The van der Waals surface area contributed by atoms with Crippen LogP contribution >= 0.6 is 11.3 Å². The first-order valence-corrected chi connectivity index (χ1v) is 9.94. The minimum Gasteiger partial charge on any atom is -0.349 e. The third kappa shape index (κ3) is 2.78. The van der Waals surface area contributed by atoms with Gasteiger partial charge in [0.2, 0.25) is 5.91 Å². The molecule has 4 aromatic rings. The first-order valence-electron chi connectivity index (χ1n) is 9.12. The van der Waals surface area contributed by atoms with E-state index in [2.05, 4.69) is 30.5 Å². The highest BCUT2D eigenvalue weighted by Gasteiger charge is 2.29. The van der Waals surface area contributed by atoms with E-state index < -0.39 is 0 Å². The van der Waals surface area contributed by atoms with Crippen LogP contribution in [0.15, 0.2) is 24.8 Å². The number of anilines is 2. The molecule has 2 N–H and O–H groups in total. The quantitative estimate of drug-likeness (QED) is 0.555. The Kier molecular flexibility index (Phi) is 3.97. The molecule has 0 saturated heterocycles. The van der Waals surface area contributed by atoms with Crippen LogP contribution in [-0.2, 0) is 17.6 Å². The third-order valence-electron chi connectivity index (χ3n) is 5.19. The van der Waals surface area contributed by atoms with E-state index in [0.29, 0.717) is 0 Å². The van der Waals surface area contributed by atoms with Crippen LogP contribution < -0.4 is 5.32 Å². The van der Waals surface area contributed by atoms with Gasteiger partial charge in [-0.05, 0) is 30.9 Å². The summed E-state index contributed by atoms with van der Waals surface area (Å²) in [4.78, 5) is 29.6. The highest BCUT2D eigenvalue weighted by atomic mass is 32.1. The number of carbonyl (C=O) groups excluding carboxylic acids is 1. The molecule has 0 aliphatic heterocycles. The number of aromatic nitrogens is 5. The lowest BCUT2D eigenvalue weighted by molar-refractivity contribution is -0.133. The normalized spacial score (nSPS) is 16.3. The fraction of sp³-hybridized carbons (Fsp3) is 0.316. The standard InChI is InChI=1S/C19H19N7OS/c1-26(2)19(27)10-3-4-13-14(6-10)28-18-15(13)17(21-9-22-18)24-12-5-11-7-23-25-16(11)20-8-12/h5,7-10H,3-4,6H2,1-2H3,(H,20,23,25)(H,21,22,24)/t10-/m0/s1. The number of amides is 1. The van der Waals surface area contributed by atoms with Crippen molar-refractivity contribution in [2.24, 2.45) is 5.92 Å². The van der Waals surface area contributed by atoms with E-state index in [-0.39, 0.29) is 11.8 Å². The second-order valence-electron chi connectivity index (χ2n) is 7.24. The maximum atomic E-state index is 12.4. The lowest BCUT2D eigenvalue weighted by Gasteiger charge is -2.24. The minimum absolute atomic E-state index is 0.0487. The molecule has 0 unspecified atom stereocenters. The van der Waals surface area contributed by atoms with E-state index in [0.717, 1.165) is 52.0 Å². The summed E-state index contributed by atoms with van der Waals surface area (Å²) >= 11 is 1.67. The zero-order valence-corrected chi connectivity index (χ0v) is 16.4. The van der Waals surface area contributed by atoms with Gasteiger partial charge in [-0.2, -0.15) is 5.10 Å². The van der Waals surface area contributed by atoms with E-state index in [1.54, 1.807) is 35.0 Å². The molecule has 0 bridgehead atoms. The van der Waals surface area contributed by atoms with Gasteiger partial charge in [0.05, 0.1) is 23.5 Å². The Morgan fingerprint density at radius 1 is 1.29 bits per heavy atom. The second-order valence-corrected chi connectivity index (χ2v) is 8.32. The summed E-state index contributed by atoms with van der Waals surface area (Å²) in [7, 11) is 3.64. The zero-order chi connectivity index (χ0) is 19.3. The van der Waals surface area contributed by atoms with Crippen molar-refractivity contribution >= 4 is 50.0 Å². The molecule has 4 heterocycles. The van der Waals surface area contributed by atoms with Gasteiger partial charge in [-0.15, -0.1) is 11.3 Å². The molecule has 0 fully saturated rings. The van der Waals surface area contributed by atoms with Crippen molar-refractivity contribution in [3.63, 3.8) is 0 Å². The predicted molar refractivity (Wildman–Crippen MR) is 109 cm³/mol. The van der Waals surface area contributed by atoms with Gasteiger partial charge >= 0.3 is 0 Å². The van der Waals surface area contributed by atoms with Gasteiger partial charge in [0.15, 0.2) is 5.65 Å². The van der Waals surface area contributed by atoms with E-state index in [1.807, 2.05) is 20.2 Å². The number of hydrogen-bond donors (Lipinski definition) is 2. The molecular formula is C19H19N7OS. The van der Waals surface area contributed by atoms with Gasteiger partial charge in [-0.1, -0.05) is 0 Å². The predicted octanol–water partition coefficient (Wildman–Crippen LogP) is 2.90. The topological polar surface area (TPSA) is 99.7 Å². The van der Waals surface area contributed by atoms with Crippen molar-refractivity contribution in [3.05, 3.63) is 35.2 Å². The summed E-state index contributed by atoms with van der Waals surface area (Å²) in [5.41, 5.74) is 2.87. The van der Waals surface area contributed by atoms with E-state index in [4.69, 9.17) is 0 Å². The summed E-state index contributed by atoms with van der Waals surface area (Å²) < 4.78 is 0. The lowest BCUT2D eigenvalue weighted by Crippen LogP contribution is -2.32. The van der Waals surface area contributed by atoms with Crippen LogP contribution in [0, 0.1) is 5.92 Å². The first kappa shape index (κ1) is 17.1. The summed E-state index contributed by atoms with van der Waals surface area (Å²) in [5, 5.41) is 12.3. The molecule has 0 aromatic carbocycles. The Morgan fingerprint density at radius 2 is 2.18 bits per heavy atom. The Bertz CT molecular complexity index is 1200. The highest BCUT2D eigenvalue weighted by Crippen LogP contribution is 2.40. The molecule has 0 saturated carbocycles. The van der Waals surface area contributed by atoms with Crippen LogP contribution in [0.2, 0.25) is 0 Å². The molecule has 4 aromatic heterocycles. The maximum absolute atomic E-state index is 12.4. The number of H-pyrrole nitrogens is 1. The first-order chi connectivity index (χ1) is 13.6. The maximum Gasteiger partial charge on any atom is 0.225 e. The zero-order valence-electron chi connectivity index (χ0n) is 15.6. The van der Waals surface area contributed by atoms with Gasteiger partial charge in [0, 0.05) is 30.3 Å². The van der Waals surface area contributed by atoms with Crippen molar-refractivity contribution < 1.29 is 4.79 Å². The fourth-order valence-corrected chi connectivity index (χ4v) is 5.09. The molecule has 9 heteroatoms. The number of pyridine rings is 1. The number of aryl methyl sites for hydroxylation is 1. The number of nitrogens with zero attached hydrogens (tertiary/aromatic N) is 5. The Morgan fingerprint density at radius 3 is 3.04 bits per heavy atom. The monoisotopic (exact) mass is 393 g/mol. The molecule has 0 spiro atoms. The van der Waals surface area contributed by atoms with Gasteiger partial charge in [-0.25, -0.2) is 15.0 Å². The number of thiophene rings is 1. The molecule has 1 aliphatic rings. The average molecular weight is 393 g/mol. The molecule has 8 nitrogen and oxygen atoms in total. The third-order valence-corrected chi connectivity index (χ3v) is 6.35. The molecule has 28 heavy (non-hydrogen) atoms. The van der Waals surface area contributed by atoms with Crippen molar-refractivity contribution in [2.45, 2.75) is 19.3 Å². The SMILES string of the molecule is CN(C)C(=O)[C@H]1CCc2c(sc3ncnc(Nc4cnc5[nH]ncc5c4)c23)C1. The summed E-state index contributed by atoms with van der Waals surface area (Å²) in [6, 6.07) is 1.99. The van der Waals surface area contributed by atoms with Gasteiger partial charge in [0.25, 0.3) is 0 Å². The van der Waals surface area contributed by atoms with E-state index in [1.165, 1.54) is 10.4 Å². The minimum atomic E-state index is 0.0487. The smallest absolute Gasteiger partial charge is 0.225 e.